The van der Waals surface area contributed by atoms with E-state index in [1.165, 1.54) is 0 Å². The average molecular weight is 244 g/mol. The molecule has 0 aromatic heterocycles. The Bertz CT molecular complexity index is 243. The molecule has 0 aromatic rings. The van der Waals surface area contributed by atoms with Gasteiger partial charge in [0.25, 0.3) is 0 Å². The molecule has 0 saturated carbocycles. The standard InChI is InChI=1S/C12H24N2OS/c1-10(5-4-6-13)11(15)14-7-8-16-12(2,3)9-14/h10H,4-9,13H2,1-3H3. The van der Waals surface area contributed by atoms with Gasteiger partial charge in [-0.05, 0) is 33.2 Å². The quantitative estimate of drug-likeness (QED) is 0.819. The van der Waals surface area contributed by atoms with Gasteiger partial charge in [-0.3, -0.25) is 4.79 Å². The predicted octanol–water partition coefficient (Wildman–Crippen LogP) is 1.72. The van der Waals surface area contributed by atoms with E-state index in [1.807, 2.05) is 23.6 Å². The number of carbonyl (C=O) groups excluding carboxylic acids is 1. The second-order valence-corrected chi connectivity index (χ2v) is 7.00. The Hall–Kier alpha value is -0.220. The summed E-state index contributed by atoms with van der Waals surface area (Å²) in [7, 11) is 0. The monoisotopic (exact) mass is 244 g/mol. The molecule has 1 heterocycles. The number of rotatable bonds is 4. The first-order valence-electron chi connectivity index (χ1n) is 6.09. The van der Waals surface area contributed by atoms with E-state index in [-0.39, 0.29) is 10.7 Å². The summed E-state index contributed by atoms with van der Waals surface area (Å²) < 4.78 is 0.210. The molecule has 1 rings (SSSR count). The fraction of sp³-hybridized carbons (Fsp3) is 0.917. The number of hydrogen-bond donors (Lipinski definition) is 1. The van der Waals surface area contributed by atoms with Crippen molar-refractivity contribution in [3.63, 3.8) is 0 Å². The molecule has 1 aliphatic heterocycles. The number of nitrogens with zero attached hydrogens (tertiary/aromatic N) is 1. The summed E-state index contributed by atoms with van der Waals surface area (Å²) >= 11 is 1.96. The van der Waals surface area contributed by atoms with Crippen LogP contribution in [0.1, 0.15) is 33.6 Å². The van der Waals surface area contributed by atoms with E-state index in [4.69, 9.17) is 5.73 Å². The van der Waals surface area contributed by atoms with Crippen LogP contribution in [0.15, 0.2) is 0 Å². The van der Waals surface area contributed by atoms with Gasteiger partial charge in [-0.25, -0.2) is 0 Å². The van der Waals surface area contributed by atoms with Crippen LogP contribution in [0.2, 0.25) is 0 Å². The van der Waals surface area contributed by atoms with Crippen LogP contribution >= 0.6 is 11.8 Å². The molecule has 1 atom stereocenters. The summed E-state index contributed by atoms with van der Waals surface area (Å²) in [5.41, 5.74) is 5.47. The summed E-state index contributed by atoms with van der Waals surface area (Å²) in [4.78, 5) is 14.2. The third-order valence-corrected chi connectivity index (χ3v) is 4.30. The van der Waals surface area contributed by atoms with Crippen LogP contribution in [-0.2, 0) is 4.79 Å². The average Bonchev–Trinajstić information content (AvgIpc) is 2.23. The van der Waals surface area contributed by atoms with Crippen molar-refractivity contribution in [3.8, 4) is 0 Å². The van der Waals surface area contributed by atoms with Crippen molar-refractivity contribution in [2.75, 3.05) is 25.4 Å². The van der Waals surface area contributed by atoms with Crippen molar-refractivity contribution in [2.24, 2.45) is 11.7 Å². The maximum Gasteiger partial charge on any atom is 0.225 e. The van der Waals surface area contributed by atoms with Gasteiger partial charge in [0.15, 0.2) is 0 Å². The van der Waals surface area contributed by atoms with Gasteiger partial charge in [0, 0.05) is 29.5 Å². The Kier molecular flexibility index (Phi) is 5.12. The lowest BCUT2D eigenvalue weighted by atomic mass is 10.0. The van der Waals surface area contributed by atoms with Crippen molar-refractivity contribution in [1.82, 2.24) is 4.90 Å². The van der Waals surface area contributed by atoms with Crippen LogP contribution < -0.4 is 5.73 Å². The van der Waals surface area contributed by atoms with Crippen molar-refractivity contribution in [2.45, 2.75) is 38.4 Å². The second-order valence-electron chi connectivity index (χ2n) is 5.20. The largest absolute Gasteiger partial charge is 0.340 e. The second kappa shape index (κ2) is 5.92. The first-order chi connectivity index (χ1) is 7.46. The summed E-state index contributed by atoms with van der Waals surface area (Å²) in [6.07, 6.45) is 1.86. The molecule has 0 bridgehead atoms. The minimum Gasteiger partial charge on any atom is -0.340 e. The summed E-state index contributed by atoms with van der Waals surface area (Å²) in [6.45, 7) is 8.90. The van der Waals surface area contributed by atoms with Crippen molar-refractivity contribution < 1.29 is 4.79 Å². The van der Waals surface area contributed by atoms with Crippen molar-refractivity contribution in [3.05, 3.63) is 0 Å². The molecular formula is C12H24N2OS. The lowest BCUT2D eigenvalue weighted by Crippen LogP contribution is -2.47. The number of thioether (sulfide) groups is 1. The molecule has 1 aliphatic rings. The van der Waals surface area contributed by atoms with Gasteiger partial charge in [0.2, 0.25) is 5.91 Å². The number of amides is 1. The van der Waals surface area contributed by atoms with E-state index >= 15 is 0 Å². The molecule has 1 saturated heterocycles. The summed E-state index contributed by atoms with van der Waals surface area (Å²) in [6, 6.07) is 0. The maximum absolute atomic E-state index is 12.2. The third-order valence-electron chi connectivity index (χ3n) is 3.00. The third kappa shape index (κ3) is 3.98. The zero-order valence-corrected chi connectivity index (χ0v) is 11.5. The van der Waals surface area contributed by atoms with Crippen LogP contribution in [0.4, 0.5) is 0 Å². The van der Waals surface area contributed by atoms with E-state index in [1.54, 1.807) is 0 Å². The highest BCUT2D eigenvalue weighted by Gasteiger charge is 2.31. The molecule has 94 valence electrons. The van der Waals surface area contributed by atoms with Gasteiger partial charge >= 0.3 is 0 Å². The molecule has 0 aliphatic carbocycles. The Morgan fingerprint density at radius 3 is 2.81 bits per heavy atom. The van der Waals surface area contributed by atoms with Crippen molar-refractivity contribution in [1.29, 1.82) is 0 Å². The Morgan fingerprint density at radius 1 is 1.56 bits per heavy atom. The predicted molar refractivity (Wildman–Crippen MR) is 70.6 cm³/mol. The summed E-state index contributed by atoms with van der Waals surface area (Å²) in [5, 5.41) is 0. The summed E-state index contributed by atoms with van der Waals surface area (Å²) in [5.74, 6) is 1.49. The van der Waals surface area contributed by atoms with Crippen molar-refractivity contribution >= 4 is 17.7 Å². The molecule has 16 heavy (non-hydrogen) atoms. The fourth-order valence-corrected chi connectivity index (χ4v) is 3.18. The number of carbonyl (C=O) groups is 1. The van der Waals surface area contributed by atoms with Crippen LogP contribution in [0, 0.1) is 5.92 Å². The van der Waals surface area contributed by atoms with Gasteiger partial charge in [-0.1, -0.05) is 6.92 Å². The van der Waals surface area contributed by atoms with E-state index in [0.29, 0.717) is 12.5 Å². The highest BCUT2D eigenvalue weighted by atomic mass is 32.2. The Morgan fingerprint density at radius 2 is 2.25 bits per heavy atom. The van der Waals surface area contributed by atoms with E-state index < -0.39 is 0 Å². The minimum absolute atomic E-state index is 0.127. The molecule has 0 spiro atoms. The molecule has 4 heteroatoms. The molecular weight excluding hydrogens is 220 g/mol. The topological polar surface area (TPSA) is 46.3 Å². The van der Waals surface area contributed by atoms with E-state index in [2.05, 4.69) is 13.8 Å². The first kappa shape index (κ1) is 13.8. The molecule has 2 N–H and O–H groups in total. The molecule has 1 amide bonds. The lowest BCUT2D eigenvalue weighted by molar-refractivity contribution is -0.135. The van der Waals surface area contributed by atoms with Gasteiger partial charge < -0.3 is 10.6 Å². The van der Waals surface area contributed by atoms with Crippen LogP contribution in [0.3, 0.4) is 0 Å². The Balaban J connectivity index is 2.46. The minimum atomic E-state index is 0.127. The molecule has 0 radical (unpaired) electrons. The number of hydrogen-bond acceptors (Lipinski definition) is 3. The van der Waals surface area contributed by atoms with Gasteiger partial charge in [-0.15, -0.1) is 0 Å². The normalized spacial score (nSPS) is 21.9. The highest BCUT2D eigenvalue weighted by molar-refractivity contribution is 8.00. The van der Waals surface area contributed by atoms with Gasteiger partial charge in [0.05, 0.1) is 0 Å². The smallest absolute Gasteiger partial charge is 0.225 e. The fourth-order valence-electron chi connectivity index (χ4n) is 2.06. The molecule has 1 fully saturated rings. The molecule has 3 nitrogen and oxygen atoms in total. The highest BCUT2D eigenvalue weighted by Crippen LogP contribution is 2.30. The maximum atomic E-state index is 12.2. The first-order valence-corrected chi connectivity index (χ1v) is 7.07. The lowest BCUT2D eigenvalue weighted by Gasteiger charge is -2.38. The molecule has 0 aromatic carbocycles. The van der Waals surface area contributed by atoms with E-state index in [9.17, 15) is 4.79 Å². The zero-order chi connectivity index (χ0) is 12.2. The zero-order valence-electron chi connectivity index (χ0n) is 10.7. The van der Waals surface area contributed by atoms with Crippen LogP contribution in [0.5, 0.6) is 0 Å². The van der Waals surface area contributed by atoms with Gasteiger partial charge in [0.1, 0.15) is 0 Å². The van der Waals surface area contributed by atoms with Crippen LogP contribution in [0.25, 0.3) is 0 Å². The Labute approximate surface area is 103 Å². The number of nitrogens with two attached hydrogens (primary N) is 1. The van der Waals surface area contributed by atoms with Gasteiger partial charge in [-0.2, -0.15) is 11.8 Å². The van der Waals surface area contributed by atoms with Crippen LogP contribution in [-0.4, -0.2) is 40.9 Å². The SMILES string of the molecule is CC(CCCN)C(=O)N1CCSC(C)(C)C1. The molecule has 1 unspecified atom stereocenters. The van der Waals surface area contributed by atoms with E-state index in [0.717, 1.165) is 31.7 Å².